The zero-order valence-corrected chi connectivity index (χ0v) is 9.54. The minimum Gasteiger partial charge on any atom is -0.303 e. The maximum Gasteiger partial charge on any atom is 0.470 e. The molecule has 13 heavy (non-hydrogen) atoms. The van der Waals surface area contributed by atoms with E-state index in [2.05, 4.69) is 0 Å². The minimum absolute atomic E-state index is 0.0834. The van der Waals surface area contributed by atoms with E-state index in [4.69, 9.17) is 14.3 Å². The molecule has 0 saturated carbocycles. The van der Waals surface area contributed by atoms with Gasteiger partial charge in [0.1, 0.15) is 0 Å². The van der Waals surface area contributed by atoms with Crippen molar-refractivity contribution in [2.75, 3.05) is 0 Å². The monoisotopic (exact) mass is 210 g/mol. The van der Waals surface area contributed by atoms with Crippen LogP contribution in [0, 0.1) is 5.92 Å². The Morgan fingerprint density at radius 2 is 1.92 bits per heavy atom. The van der Waals surface area contributed by atoms with Crippen LogP contribution in [0.2, 0.25) is 0 Å². The lowest BCUT2D eigenvalue weighted by molar-refractivity contribution is 0.00331. The first-order chi connectivity index (χ1) is 5.71. The van der Waals surface area contributed by atoms with Crippen molar-refractivity contribution in [3.05, 3.63) is 0 Å². The van der Waals surface area contributed by atoms with Crippen LogP contribution in [0.15, 0.2) is 0 Å². The van der Waals surface area contributed by atoms with E-state index in [0.717, 1.165) is 6.42 Å². The molecular weight excluding hydrogens is 191 g/mol. The average Bonchev–Trinajstić information content (AvgIpc) is 1.82. The predicted octanol–water partition coefficient (Wildman–Crippen LogP) is 2.31. The maximum absolute atomic E-state index is 10.7. The number of phosphoric ester groups is 1. The highest BCUT2D eigenvalue weighted by Crippen LogP contribution is 2.45. The largest absolute Gasteiger partial charge is 0.470 e. The van der Waals surface area contributed by atoms with Crippen molar-refractivity contribution in [1.29, 1.82) is 0 Å². The summed E-state index contributed by atoms with van der Waals surface area (Å²) >= 11 is 0. The van der Waals surface area contributed by atoms with Crippen LogP contribution in [0.25, 0.3) is 0 Å². The van der Waals surface area contributed by atoms with Gasteiger partial charge in [-0.3, -0.25) is 4.52 Å². The van der Waals surface area contributed by atoms with Crippen LogP contribution in [0.4, 0.5) is 0 Å². The van der Waals surface area contributed by atoms with Crippen LogP contribution < -0.4 is 0 Å². The second kappa shape index (κ2) is 4.56. The molecule has 0 aliphatic heterocycles. The molecule has 0 aliphatic carbocycles. The lowest BCUT2D eigenvalue weighted by atomic mass is 9.88. The van der Waals surface area contributed by atoms with Gasteiger partial charge in [-0.1, -0.05) is 27.2 Å². The third-order valence-electron chi connectivity index (χ3n) is 2.30. The highest BCUT2D eigenvalue weighted by Gasteiger charge is 2.35. The second-order valence-electron chi connectivity index (χ2n) is 3.80. The number of hydrogen-bond acceptors (Lipinski definition) is 2. The summed E-state index contributed by atoms with van der Waals surface area (Å²) in [4.78, 5) is 17.4. The van der Waals surface area contributed by atoms with E-state index in [0.29, 0.717) is 6.42 Å². The molecule has 80 valence electrons. The summed E-state index contributed by atoms with van der Waals surface area (Å²) in [6.07, 6.45) is 1.49. The first-order valence-electron chi connectivity index (χ1n) is 4.47. The molecule has 0 aliphatic rings. The van der Waals surface area contributed by atoms with E-state index in [1.165, 1.54) is 0 Å². The predicted molar refractivity (Wildman–Crippen MR) is 51.3 cm³/mol. The zero-order valence-electron chi connectivity index (χ0n) is 8.65. The summed E-state index contributed by atoms with van der Waals surface area (Å²) in [5.41, 5.74) is -0.728. The minimum atomic E-state index is -4.37. The van der Waals surface area contributed by atoms with Gasteiger partial charge >= 0.3 is 7.82 Å². The van der Waals surface area contributed by atoms with E-state index in [1.54, 1.807) is 6.92 Å². The summed E-state index contributed by atoms with van der Waals surface area (Å²) in [6.45, 7) is 7.49. The summed E-state index contributed by atoms with van der Waals surface area (Å²) in [6, 6.07) is 0. The average molecular weight is 210 g/mol. The van der Waals surface area contributed by atoms with Gasteiger partial charge < -0.3 is 9.79 Å². The van der Waals surface area contributed by atoms with Crippen molar-refractivity contribution in [1.82, 2.24) is 0 Å². The van der Waals surface area contributed by atoms with Crippen molar-refractivity contribution in [2.45, 2.75) is 46.1 Å². The molecule has 1 unspecified atom stereocenters. The summed E-state index contributed by atoms with van der Waals surface area (Å²) in [5, 5.41) is 0. The third-order valence-corrected chi connectivity index (χ3v) is 2.95. The van der Waals surface area contributed by atoms with E-state index in [-0.39, 0.29) is 5.92 Å². The topological polar surface area (TPSA) is 66.8 Å². The molecule has 4 nitrogen and oxygen atoms in total. The fourth-order valence-corrected chi connectivity index (χ4v) is 2.05. The molecule has 0 fully saturated rings. The Hall–Kier alpha value is 0.110. The number of phosphoric acid groups is 1. The zero-order chi connectivity index (χ0) is 10.7. The number of hydrogen-bond donors (Lipinski definition) is 2. The third kappa shape index (κ3) is 4.77. The Bertz CT molecular complexity index is 198. The summed E-state index contributed by atoms with van der Waals surface area (Å²) < 4.78 is 15.5. The highest BCUT2D eigenvalue weighted by atomic mass is 31.2. The lowest BCUT2D eigenvalue weighted by Crippen LogP contribution is -2.33. The molecule has 0 aromatic rings. The molecular formula is C8H19O4P. The molecule has 2 N–H and O–H groups in total. The SMILES string of the molecule is CCCC(C)(OP(=O)(O)O)C(C)C. The smallest absolute Gasteiger partial charge is 0.303 e. The van der Waals surface area contributed by atoms with Gasteiger partial charge in [0.15, 0.2) is 0 Å². The molecule has 0 amide bonds. The molecule has 0 bridgehead atoms. The highest BCUT2D eigenvalue weighted by molar-refractivity contribution is 7.46. The summed E-state index contributed by atoms with van der Waals surface area (Å²) in [5.74, 6) is 0.0834. The maximum atomic E-state index is 10.7. The first kappa shape index (κ1) is 13.1. The van der Waals surface area contributed by atoms with Gasteiger partial charge in [-0.2, -0.15) is 0 Å². The molecule has 0 spiro atoms. The Balaban J connectivity index is 4.51. The van der Waals surface area contributed by atoms with Crippen molar-refractivity contribution in [3.8, 4) is 0 Å². The Kier molecular flexibility index (Phi) is 4.60. The van der Waals surface area contributed by atoms with Crippen LogP contribution >= 0.6 is 7.82 Å². The van der Waals surface area contributed by atoms with Crippen LogP contribution in [-0.2, 0) is 9.09 Å². The normalized spacial score (nSPS) is 17.5. The Labute approximate surface area is 79.5 Å². The van der Waals surface area contributed by atoms with Crippen LogP contribution in [0.3, 0.4) is 0 Å². The fourth-order valence-electron chi connectivity index (χ4n) is 1.21. The van der Waals surface area contributed by atoms with Gasteiger partial charge in [0, 0.05) is 0 Å². The molecule has 0 saturated heterocycles. The van der Waals surface area contributed by atoms with Gasteiger partial charge in [0.25, 0.3) is 0 Å². The molecule has 0 rings (SSSR count). The Morgan fingerprint density at radius 1 is 1.46 bits per heavy atom. The van der Waals surface area contributed by atoms with Crippen molar-refractivity contribution >= 4 is 7.82 Å². The van der Waals surface area contributed by atoms with E-state index in [1.807, 2.05) is 20.8 Å². The molecule has 5 heteroatoms. The van der Waals surface area contributed by atoms with Crippen LogP contribution in [0.1, 0.15) is 40.5 Å². The summed E-state index contributed by atoms with van der Waals surface area (Å²) in [7, 11) is -4.37. The van der Waals surface area contributed by atoms with Gasteiger partial charge in [0.2, 0.25) is 0 Å². The van der Waals surface area contributed by atoms with E-state index in [9.17, 15) is 4.57 Å². The van der Waals surface area contributed by atoms with Crippen LogP contribution in [0.5, 0.6) is 0 Å². The van der Waals surface area contributed by atoms with Gasteiger partial charge in [-0.25, -0.2) is 4.57 Å². The quantitative estimate of drug-likeness (QED) is 0.683. The molecule has 1 atom stereocenters. The van der Waals surface area contributed by atoms with E-state index >= 15 is 0 Å². The fraction of sp³-hybridized carbons (Fsp3) is 1.00. The molecule has 0 aromatic carbocycles. The molecule has 0 radical (unpaired) electrons. The number of rotatable bonds is 5. The standard InChI is InChI=1S/C8H19O4P/c1-5-6-8(4,7(2)3)12-13(9,10)11/h7H,5-6H2,1-4H3,(H2,9,10,11). The molecule has 0 heterocycles. The van der Waals surface area contributed by atoms with Gasteiger partial charge in [-0.05, 0) is 19.3 Å². The second-order valence-corrected chi connectivity index (χ2v) is 4.96. The molecule has 0 aromatic heterocycles. The van der Waals surface area contributed by atoms with Gasteiger partial charge in [-0.15, -0.1) is 0 Å². The Morgan fingerprint density at radius 3 is 2.15 bits per heavy atom. The van der Waals surface area contributed by atoms with Crippen molar-refractivity contribution in [3.63, 3.8) is 0 Å². The lowest BCUT2D eigenvalue weighted by Gasteiger charge is -2.33. The van der Waals surface area contributed by atoms with Crippen molar-refractivity contribution < 1.29 is 18.9 Å². The first-order valence-corrected chi connectivity index (χ1v) is 6.00. The van der Waals surface area contributed by atoms with Crippen molar-refractivity contribution in [2.24, 2.45) is 5.92 Å². The van der Waals surface area contributed by atoms with E-state index < -0.39 is 13.4 Å². The van der Waals surface area contributed by atoms with Crippen LogP contribution in [-0.4, -0.2) is 15.4 Å². The van der Waals surface area contributed by atoms with Gasteiger partial charge in [0.05, 0.1) is 5.60 Å².